The Hall–Kier alpha value is -4.73. The van der Waals surface area contributed by atoms with Gasteiger partial charge in [0.1, 0.15) is 36.4 Å². The smallest absolute Gasteiger partial charge is 0.407 e. The van der Waals surface area contributed by atoms with Crippen LogP contribution in [-0.2, 0) is 49.6 Å². The zero-order valence-electron chi connectivity index (χ0n) is 32.5. The second-order valence-electron chi connectivity index (χ2n) is 15.7. The van der Waals surface area contributed by atoms with Gasteiger partial charge in [-0.25, -0.2) is 9.59 Å². The number of nitrogens with zero attached hydrogens (tertiary/aromatic N) is 2. The predicted molar refractivity (Wildman–Crippen MR) is 196 cm³/mol. The molecule has 16 heteroatoms. The predicted octanol–water partition coefficient (Wildman–Crippen LogP) is 2.52. The molecule has 0 aliphatic carbocycles. The molecule has 0 bridgehead atoms. The molecule has 1 aromatic carbocycles. The topological polar surface area (TPSA) is 210 Å². The van der Waals surface area contributed by atoms with E-state index in [0.29, 0.717) is 25.7 Å². The van der Waals surface area contributed by atoms with Crippen molar-refractivity contribution in [2.24, 2.45) is 5.92 Å². The van der Waals surface area contributed by atoms with Gasteiger partial charge in [-0.3, -0.25) is 24.0 Å². The summed E-state index contributed by atoms with van der Waals surface area (Å²) in [4.78, 5) is 94.7. The average molecular weight is 760 g/mol. The van der Waals surface area contributed by atoms with E-state index in [1.54, 1.807) is 41.5 Å². The molecule has 0 unspecified atom stereocenters. The SMILES string of the molecule is CC(=O)N[C@@H](COC(C)(C)C)C(=O)N[C@@H]1C(=O)N([C@@H](CCCCNC(=O)OCc2ccccc2)C(=O)N2CCC[C@H]2C(=O)OC(C)(C)C)CC[C@H]1C(=O)O. The first-order chi connectivity index (χ1) is 25.3. The molecular formula is C38H57N5O11. The largest absolute Gasteiger partial charge is 0.481 e. The number of rotatable bonds is 16. The Morgan fingerprint density at radius 2 is 1.63 bits per heavy atom. The van der Waals surface area contributed by atoms with Crippen LogP contribution in [0.3, 0.4) is 0 Å². The molecule has 0 radical (unpaired) electrons. The number of carbonyl (C=O) groups is 7. The minimum atomic E-state index is -1.56. The van der Waals surface area contributed by atoms with Gasteiger partial charge in [-0.1, -0.05) is 30.3 Å². The summed E-state index contributed by atoms with van der Waals surface area (Å²) in [7, 11) is 0. The Bertz CT molecular complexity index is 1490. The molecule has 2 aliphatic rings. The zero-order chi connectivity index (χ0) is 40.2. The molecule has 2 fully saturated rings. The minimum absolute atomic E-state index is 0.0800. The third kappa shape index (κ3) is 13.6. The van der Waals surface area contributed by atoms with Crippen molar-refractivity contribution in [2.75, 3.05) is 26.2 Å². The number of carboxylic acid groups (broad SMARTS) is 1. The lowest BCUT2D eigenvalue weighted by Crippen LogP contribution is -2.65. The van der Waals surface area contributed by atoms with Gasteiger partial charge in [-0.2, -0.15) is 0 Å². The maximum atomic E-state index is 14.4. The van der Waals surface area contributed by atoms with Crippen molar-refractivity contribution in [1.29, 1.82) is 0 Å². The first-order valence-electron chi connectivity index (χ1n) is 18.5. The lowest BCUT2D eigenvalue weighted by atomic mass is 9.88. The van der Waals surface area contributed by atoms with Crippen molar-refractivity contribution in [3.63, 3.8) is 0 Å². The lowest BCUT2D eigenvalue weighted by molar-refractivity contribution is -0.166. The van der Waals surface area contributed by atoms with E-state index >= 15 is 0 Å². The summed E-state index contributed by atoms with van der Waals surface area (Å²) >= 11 is 0. The van der Waals surface area contributed by atoms with Gasteiger partial charge in [0.15, 0.2) is 0 Å². The summed E-state index contributed by atoms with van der Waals surface area (Å²) in [5, 5.41) is 17.8. The molecule has 54 heavy (non-hydrogen) atoms. The Labute approximate surface area is 317 Å². The second-order valence-corrected chi connectivity index (χ2v) is 15.7. The molecule has 0 aromatic heterocycles. The fraction of sp³-hybridized carbons (Fsp3) is 0.658. The van der Waals surface area contributed by atoms with E-state index in [9.17, 15) is 38.7 Å². The molecule has 0 saturated carbocycles. The molecule has 1 aromatic rings. The van der Waals surface area contributed by atoms with Gasteiger partial charge < -0.3 is 45.1 Å². The van der Waals surface area contributed by atoms with Crippen LogP contribution in [0.4, 0.5) is 4.79 Å². The first-order valence-corrected chi connectivity index (χ1v) is 18.5. The molecule has 4 N–H and O–H groups in total. The highest BCUT2D eigenvalue weighted by molar-refractivity contribution is 5.98. The van der Waals surface area contributed by atoms with Crippen LogP contribution in [0, 0.1) is 5.92 Å². The molecule has 0 spiro atoms. The molecule has 5 atom stereocenters. The lowest BCUT2D eigenvalue weighted by Gasteiger charge is -2.42. The van der Waals surface area contributed by atoms with Crippen LogP contribution in [0.2, 0.25) is 0 Å². The third-order valence-corrected chi connectivity index (χ3v) is 8.89. The van der Waals surface area contributed by atoms with Gasteiger partial charge in [0.2, 0.25) is 23.6 Å². The van der Waals surface area contributed by atoms with Crippen molar-refractivity contribution in [3.05, 3.63) is 35.9 Å². The Morgan fingerprint density at radius 3 is 2.24 bits per heavy atom. The fourth-order valence-corrected chi connectivity index (χ4v) is 6.34. The zero-order valence-corrected chi connectivity index (χ0v) is 32.5. The number of ether oxygens (including phenoxy) is 3. The number of unbranched alkanes of at least 4 members (excludes halogenated alkanes) is 1. The van der Waals surface area contributed by atoms with Crippen molar-refractivity contribution < 1.29 is 52.9 Å². The number of esters is 1. The van der Waals surface area contributed by atoms with Gasteiger partial charge >= 0.3 is 18.0 Å². The van der Waals surface area contributed by atoms with E-state index in [4.69, 9.17) is 14.2 Å². The van der Waals surface area contributed by atoms with Gasteiger partial charge in [0.25, 0.3) is 0 Å². The van der Waals surface area contributed by atoms with Crippen LogP contribution in [0.5, 0.6) is 0 Å². The molecule has 16 nitrogen and oxygen atoms in total. The number of piperidine rings is 1. The van der Waals surface area contributed by atoms with Crippen LogP contribution in [0.1, 0.15) is 92.6 Å². The molecule has 2 aliphatic heterocycles. The number of benzene rings is 1. The monoisotopic (exact) mass is 759 g/mol. The normalized spacial score (nSPS) is 20.1. The van der Waals surface area contributed by atoms with Gasteiger partial charge in [-0.15, -0.1) is 0 Å². The quantitative estimate of drug-likeness (QED) is 0.142. The van der Waals surface area contributed by atoms with E-state index in [2.05, 4.69) is 16.0 Å². The third-order valence-electron chi connectivity index (χ3n) is 8.89. The number of carboxylic acids is 1. The van der Waals surface area contributed by atoms with Gasteiger partial charge in [-0.05, 0) is 85.6 Å². The van der Waals surface area contributed by atoms with Crippen molar-refractivity contribution >= 4 is 41.7 Å². The number of alkyl carbamates (subject to hydrolysis) is 1. The first kappa shape index (κ1) is 43.7. The van der Waals surface area contributed by atoms with E-state index in [0.717, 1.165) is 5.56 Å². The van der Waals surface area contributed by atoms with Gasteiger partial charge in [0.05, 0.1) is 18.1 Å². The summed E-state index contributed by atoms with van der Waals surface area (Å²) in [6, 6.07) is 4.41. The maximum Gasteiger partial charge on any atom is 0.407 e. The highest BCUT2D eigenvalue weighted by Gasteiger charge is 2.48. The highest BCUT2D eigenvalue weighted by atomic mass is 16.6. The molecule has 2 heterocycles. The number of hydrogen-bond donors (Lipinski definition) is 4. The number of likely N-dealkylation sites (tertiary alicyclic amines) is 2. The maximum absolute atomic E-state index is 14.4. The van der Waals surface area contributed by atoms with Crippen molar-refractivity contribution in [3.8, 4) is 0 Å². The summed E-state index contributed by atoms with van der Waals surface area (Å²) in [5.41, 5.74) is -0.637. The Balaban J connectivity index is 1.81. The number of amides is 5. The van der Waals surface area contributed by atoms with Crippen molar-refractivity contribution in [1.82, 2.24) is 25.8 Å². The number of nitrogens with one attached hydrogen (secondary N) is 3. The van der Waals surface area contributed by atoms with Crippen LogP contribution in [-0.4, -0.2) is 118 Å². The summed E-state index contributed by atoms with van der Waals surface area (Å²) in [6.45, 7) is 11.9. The van der Waals surface area contributed by atoms with Crippen LogP contribution >= 0.6 is 0 Å². The second kappa shape index (κ2) is 19.6. The molecule has 2 saturated heterocycles. The molecule has 300 valence electrons. The summed E-state index contributed by atoms with van der Waals surface area (Å²) in [5.74, 6) is -5.83. The number of hydrogen-bond acceptors (Lipinski definition) is 10. The highest BCUT2D eigenvalue weighted by Crippen LogP contribution is 2.28. The van der Waals surface area contributed by atoms with Crippen LogP contribution in [0.15, 0.2) is 30.3 Å². The average Bonchev–Trinajstić information content (AvgIpc) is 3.58. The molecule has 3 rings (SSSR count). The Morgan fingerprint density at radius 1 is 0.944 bits per heavy atom. The van der Waals surface area contributed by atoms with Crippen LogP contribution < -0.4 is 16.0 Å². The van der Waals surface area contributed by atoms with Crippen molar-refractivity contribution in [2.45, 2.75) is 129 Å². The minimum Gasteiger partial charge on any atom is -0.481 e. The molecule has 5 amide bonds. The standard InChI is InChI=1S/C38H57N5O11/c1-24(44)40-27(23-53-37(2,3)4)31(45)41-30-26(34(48)49)18-21-43(33(30)47)28(32(46)42-20-13-17-29(42)35(50)54-38(5,6)7)16-11-12-19-39-36(51)52-22-25-14-9-8-10-15-25/h8-10,14-15,26-30H,11-13,16-23H2,1-7H3,(H,39,51)(H,40,44)(H,41,45)(H,48,49)/t26-,27+,28+,29+,30+/m1/s1. The Kier molecular flexibility index (Phi) is 15.8. The summed E-state index contributed by atoms with van der Waals surface area (Å²) < 4.78 is 16.6. The van der Waals surface area contributed by atoms with E-state index in [-0.39, 0.29) is 45.7 Å². The van der Waals surface area contributed by atoms with Crippen LogP contribution in [0.25, 0.3) is 0 Å². The molecular weight excluding hydrogens is 702 g/mol. The number of carbonyl (C=O) groups excluding carboxylic acids is 6. The van der Waals surface area contributed by atoms with E-state index < -0.39 is 82.9 Å². The van der Waals surface area contributed by atoms with Gasteiger partial charge in [0, 0.05) is 26.6 Å². The van der Waals surface area contributed by atoms with E-state index in [1.807, 2.05) is 30.3 Å². The summed E-state index contributed by atoms with van der Waals surface area (Å²) in [6.07, 6.45) is 1.10. The fourth-order valence-electron chi connectivity index (χ4n) is 6.34. The van der Waals surface area contributed by atoms with E-state index in [1.165, 1.54) is 16.7 Å². The number of aliphatic carboxylic acids is 1.